The summed E-state index contributed by atoms with van der Waals surface area (Å²) in [7, 11) is 2.13. The molecule has 0 amide bonds. The Bertz CT molecular complexity index is 1720. The van der Waals surface area contributed by atoms with E-state index in [0.29, 0.717) is 31.6 Å². The average molecular weight is 662 g/mol. The van der Waals surface area contributed by atoms with Gasteiger partial charge in [0, 0.05) is 36.2 Å². The normalized spacial score (nSPS) is 27.7. The van der Waals surface area contributed by atoms with Crippen LogP contribution in [0.25, 0.3) is 22.2 Å². The first-order chi connectivity index (χ1) is 22.3. The minimum Gasteiger partial charge on any atom is -0.472 e. The first-order valence-electron chi connectivity index (χ1n) is 16.4. The fourth-order valence-corrected chi connectivity index (χ4v) is 8.42. The van der Waals surface area contributed by atoms with E-state index in [1.54, 1.807) is 0 Å². The molecular weight excluding hydrogens is 621 g/mol. The summed E-state index contributed by atoms with van der Waals surface area (Å²) in [6.45, 7) is 7.28. The lowest BCUT2D eigenvalue weighted by Crippen LogP contribution is -2.60. The molecule has 3 aliphatic heterocycles. The van der Waals surface area contributed by atoms with Gasteiger partial charge in [-0.15, -0.1) is 0 Å². The molecule has 0 bridgehead atoms. The van der Waals surface area contributed by atoms with Gasteiger partial charge in [-0.1, -0.05) is 13.3 Å². The van der Waals surface area contributed by atoms with Crippen molar-refractivity contribution < 1.29 is 31.4 Å². The molecule has 1 saturated carbocycles. The number of alkyl halides is 3. The molecule has 9 nitrogen and oxygen atoms in total. The van der Waals surface area contributed by atoms with Crippen molar-refractivity contribution in [3.8, 4) is 23.1 Å². The number of anilines is 2. The molecule has 4 aliphatic rings. The summed E-state index contributed by atoms with van der Waals surface area (Å²) in [6, 6.07) is 0.925. The Morgan fingerprint density at radius 1 is 1.15 bits per heavy atom. The summed E-state index contributed by atoms with van der Waals surface area (Å²) in [5, 5.41) is 3.67. The highest BCUT2D eigenvalue weighted by Gasteiger charge is 2.48. The van der Waals surface area contributed by atoms with Crippen LogP contribution in [0.2, 0.25) is 0 Å². The summed E-state index contributed by atoms with van der Waals surface area (Å²) in [5.74, 6) is -2.10. The molecule has 3 aromatic rings. The summed E-state index contributed by atoms with van der Waals surface area (Å²) in [6.07, 6.45) is 0.444. The highest BCUT2D eigenvalue weighted by molar-refractivity contribution is 5.97. The predicted octanol–water partition coefficient (Wildman–Crippen LogP) is 5.86. The standard InChI is InChI=1S/C33H40F5N7O2/c1-5-18-14-45-21(13-40-18)17(3)47-30-23-28(26(35)27(41-30)19-12-20(39)25(34)16(2)24(19)33(36,37)38)42-31(43-29(23)45)46-15-32-9-6-8-22(32)44(4)11-7-10-32/h12,17-18,21-22,40H,5-11,13-15,39H2,1-4H3/t17-,18+,21-,22-,32-/m0/s1. The van der Waals surface area contributed by atoms with Crippen molar-refractivity contribution in [1.82, 2.24) is 25.2 Å². The molecule has 3 N–H and O–H groups in total. The van der Waals surface area contributed by atoms with Crippen molar-refractivity contribution in [3.05, 3.63) is 28.8 Å². The summed E-state index contributed by atoms with van der Waals surface area (Å²) >= 11 is 0. The van der Waals surface area contributed by atoms with Crippen LogP contribution in [0.1, 0.15) is 63.5 Å². The molecule has 1 aliphatic carbocycles. The van der Waals surface area contributed by atoms with Crippen LogP contribution in [0, 0.1) is 24.0 Å². The Labute approximate surface area is 270 Å². The Morgan fingerprint density at radius 2 is 1.91 bits per heavy atom. The van der Waals surface area contributed by atoms with Gasteiger partial charge >= 0.3 is 12.2 Å². The molecule has 7 rings (SSSR count). The Hall–Kier alpha value is -3.52. The molecule has 2 saturated heterocycles. The number of hydrogen-bond donors (Lipinski definition) is 2. The van der Waals surface area contributed by atoms with E-state index >= 15 is 4.39 Å². The summed E-state index contributed by atoms with van der Waals surface area (Å²) < 4.78 is 87.5. The smallest absolute Gasteiger partial charge is 0.417 e. The maximum atomic E-state index is 16.8. The predicted molar refractivity (Wildman–Crippen MR) is 168 cm³/mol. The fourth-order valence-electron chi connectivity index (χ4n) is 8.42. The number of fused-ring (bicyclic) bond motifs is 3. The van der Waals surface area contributed by atoms with E-state index in [9.17, 15) is 17.6 Å². The number of pyridine rings is 1. The SMILES string of the molecule is CC[C@@H]1CN2c3nc(OC[C@@]45CCC[C@@H]4N(C)CCC5)nc4c(F)c(-c5cc(N)c(F)c(C)c5C(F)(F)F)nc(c34)O[C@@H](C)[C@@H]2CN1. The number of likely N-dealkylation sites (tertiary alicyclic amines) is 1. The lowest BCUT2D eigenvalue weighted by atomic mass is 9.76. The van der Waals surface area contributed by atoms with Crippen LogP contribution in [-0.2, 0) is 6.18 Å². The van der Waals surface area contributed by atoms with Gasteiger partial charge in [-0.3, -0.25) is 0 Å². The van der Waals surface area contributed by atoms with Crippen molar-refractivity contribution in [3.63, 3.8) is 0 Å². The second kappa shape index (κ2) is 11.6. The molecule has 254 valence electrons. The molecule has 0 unspecified atom stereocenters. The van der Waals surface area contributed by atoms with E-state index in [0.717, 1.165) is 58.1 Å². The maximum Gasteiger partial charge on any atom is 0.417 e. The van der Waals surface area contributed by atoms with Gasteiger partial charge in [0.25, 0.3) is 0 Å². The van der Waals surface area contributed by atoms with Crippen LogP contribution in [0.4, 0.5) is 33.5 Å². The zero-order valence-corrected chi connectivity index (χ0v) is 27.0. The highest BCUT2D eigenvalue weighted by atomic mass is 19.4. The Balaban J connectivity index is 1.43. The lowest BCUT2D eigenvalue weighted by molar-refractivity contribution is -0.137. The molecule has 1 aromatic carbocycles. The van der Waals surface area contributed by atoms with E-state index in [2.05, 4.69) is 39.1 Å². The minimum absolute atomic E-state index is 0.0616. The van der Waals surface area contributed by atoms with Crippen molar-refractivity contribution in [2.45, 2.75) is 89.7 Å². The number of rotatable bonds is 5. The van der Waals surface area contributed by atoms with E-state index in [-0.39, 0.29) is 40.3 Å². The molecule has 0 spiro atoms. The Kier molecular flexibility index (Phi) is 7.89. The summed E-state index contributed by atoms with van der Waals surface area (Å²) in [4.78, 5) is 18.1. The number of benzene rings is 1. The van der Waals surface area contributed by atoms with Gasteiger partial charge in [0.05, 0.1) is 23.9 Å². The second-order valence-corrected chi connectivity index (χ2v) is 13.7. The molecule has 47 heavy (non-hydrogen) atoms. The van der Waals surface area contributed by atoms with Gasteiger partial charge in [-0.25, -0.2) is 13.8 Å². The van der Waals surface area contributed by atoms with Gasteiger partial charge in [0.15, 0.2) is 5.82 Å². The molecule has 0 radical (unpaired) electrons. The van der Waals surface area contributed by atoms with Crippen LogP contribution in [0.15, 0.2) is 6.07 Å². The van der Waals surface area contributed by atoms with Gasteiger partial charge < -0.3 is 30.3 Å². The number of nitrogens with two attached hydrogens (primary N) is 1. The first-order valence-corrected chi connectivity index (χ1v) is 16.4. The minimum atomic E-state index is -5.03. The summed E-state index contributed by atoms with van der Waals surface area (Å²) in [5.41, 5.74) is 1.35. The third-order valence-corrected chi connectivity index (χ3v) is 10.9. The zero-order chi connectivity index (χ0) is 33.4. The van der Waals surface area contributed by atoms with E-state index in [1.165, 1.54) is 0 Å². The van der Waals surface area contributed by atoms with Crippen LogP contribution in [-0.4, -0.2) is 77.4 Å². The van der Waals surface area contributed by atoms with E-state index < -0.39 is 52.0 Å². The third kappa shape index (κ3) is 5.22. The van der Waals surface area contributed by atoms with Crippen molar-refractivity contribution in [1.29, 1.82) is 0 Å². The van der Waals surface area contributed by atoms with Crippen LogP contribution in [0.5, 0.6) is 11.9 Å². The number of nitrogens with zero attached hydrogens (tertiary/aromatic N) is 5. The number of nitrogens with one attached hydrogen (secondary N) is 1. The first kappa shape index (κ1) is 32.0. The van der Waals surface area contributed by atoms with Crippen LogP contribution in [0.3, 0.4) is 0 Å². The van der Waals surface area contributed by atoms with Crippen LogP contribution >= 0.6 is 0 Å². The molecule has 3 fully saturated rings. The molecule has 5 heterocycles. The quantitative estimate of drug-likeness (QED) is 0.257. The number of aromatic nitrogens is 3. The lowest BCUT2D eigenvalue weighted by Gasteiger charge is -2.44. The van der Waals surface area contributed by atoms with E-state index in [1.807, 2.05) is 6.92 Å². The average Bonchev–Trinajstić information content (AvgIpc) is 3.43. The topological polar surface area (TPSA) is 102 Å². The van der Waals surface area contributed by atoms with Gasteiger partial charge in [-0.2, -0.15) is 23.1 Å². The second-order valence-electron chi connectivity index (χ2n) is 13.7. The largest absolute Gasteiger partial charge is 0.472 e. The number of piperidine rings is 1. The molecule has 2 aromatic heterocycles. The number of halogens is 5. The zero-order valence-electron chi connectivity index (χ0n) is 27.0. The fraction of sp³-hybridized carbons (Fsp3) is 0.606. The number of piperazine rings is 1. The number of hydrogen-bond acceptors (Lipinski definition) is 9. The monoisotopic (exact) mass is 661 g/mol. The van der Waals surface area contributed by atoms with Gasteiger partial charge in [-0.05, 0) is 71.2 Å². The van der Waals surface area contributed by atoms with Gasteiger partial charge in [0.2, 0.25) is 5.88 Å². The van der Waals surface area contributed by atoms with Crippen molar-refractivity contribution in [2.24, 2.45) is 5.41 Å². The van der Waals surface area contributed by atoms with Gasteiger partial charge in [0.1, 0.15) is 34.3 Å². The molecular formula is C33H40F5N7O2. The Morgan fingerprint density at radius 3 is 2.66 bits per heavy atom. The molecule has 14 heteroatoms. The van der Waals surface area contributed by atoms with Crippen molar-refractivity contribution in [2.75, 3.05) is 43.9 Å². The molecule has 5 atom stereocenters. The third-order valence-electron chi connectivity index (χ3n) is 10.9. The van der Waals surface area contributed by atoms with Crippen molar-refractivity contribution >= 4 is 22.4 Å². The van der Waals surface area contributed by atoms with E-state index in [4.69, 9.17) is 20.2 Å². The highest BCUT2D eigenvalue weighted by Crippen LogP contribution is 2.49. The maximum absolute atomic E-state index is 16.8. The number of ether oxygens (including phenoxy) is 2. The van der Waals surface area contributed by atoms with Crippen LogP contribution < -0.4 is 25.4 Å². The number of nitrogen functional groups attached to an aromatic ring is 1.